The zero-order chi connectivity index (χ0) is 36.3. The Hall–Kier alpha value is -0.530. The van der Waals surface area contributed by atoms with Gasteiger partial charge >= 0.3 is 5.97 Å². The van der Waals surface area contributed by atoms with Crippen molar-refractivity contribution in [2.24, 2.45) is 5.92 Å². The molecule has 0 saturated carbocycles. The van der Waals surface area contributed by atoms with Gasteiger partial charge in [-0.2, -0.15) is 0 Å². The number of carboxylic acids is 1. The summed E-state index contributed by atoms with van der Waals surface area (Å²) in [5.74, 6) is -0.651. The number of hydrogen-bond acceptors (Lipinski definition) is 1. The minimum absolute atomic E-state index is 0.101. The van der Waals surface area contributed by atoms with Crippen LogP contribution in [0.15, 0.2) is 0 Å². The van der Waals surface area contributed by atoms with Gasteiger partial charge in [0.15, 0.2) is 0 Å². The zero-order valence-corrected chi connectivity index (χ0v) is 35.0. The van der Waals surface area contributed by atoms with Crippen LogP contribution < -0.4 is 0 Å². The summed E-state index contributed by atoms with van der Waals surface area (Å²) in [4.78, 5) is 11.8. The highest BCUT2D eigenvalue weighted by atomic mass is 16.4. The van der Waals surface area contributed by atoms with E-state index in [-0.39, 0.29) is 5.92 Å². The molecule has 0 aliphatic rings. The Morgan fingerprint density at radius 2 is 0.420 bits per heavy atom. The number of carbonyl (C=O) groups is 1. The van der Waals surface area contributed by atoms with Gasteiger partial charge in [-0.3, -0.25) is 4.79 Å². The van der Waals surface area contributed by atoms with Crippen molar-refractivity contribution in [1.82, 2.24) is 0 Å². The van der Waals surface area contributed by atoms with E-state index in [1.54, 1.807) is 0 Å². The predicted molar refractivity (Wildman–Crippen MR) is 226 cm³/mol. The molecule has 0 radical (unpaired) electrons. The van der Waals surface area contributed by atoms with Crippen molar-refractivity contribution >= 4 is 5.97 Å². The standard InChI is InChI=1S/C48H96O2/c1-3-5-7-9-11-13-15-17-19-21-22-23-24-25-26-27-28-29-30-32-34-36-38-40-42-44-46-47(48(49)50)45-43-41-39-37-35-33-31-20-18-16-14-12-10-8-6-4-2/h47H,3-46H2,1-2H3,(H,49,50). The van der Waals surface area contributed by atoms with Gasteiger partial charge in [0.25, 0.3) is 0 Å². The molecule has 0 saturated heterocycles. The molecule has 0 bridgehead atoms. The maximum absolute atomic E-state index is 11.8. The molecule has 0 aliphatic heterocycles. The van der Waals surface area contributed by atoms with E-state index < -0.39 is 5.97 Å². The number of unbranched alkanes of at least 4 members (excludes halogenated alkanes) is 40. The Bertz CT molecular complexity index is 615. The highest BCUT2D eigenvalue weighted by Gasteiger charge is 2.16. The first kappa shape index (κ1) is 49.5. The molecular weight excluding hydrogens is 609 g/mol. The van der Waals surface area contributed by atoms with E-state index in [0.717, 1.165) is 25.7 Å². The number of carboxylic acid groups (broad SMARTS) is 1. The molecular formula is C48H96O2. The topological polar surface area (TPSA) is 37.3 Å². The van der Waals surface area contributed by atoms with E-state index in [1.807, 2.05) is 0 Å². The average molecular weight is 705 g/mol. The van der Waals surface area contributed by atoms with Crippen LogP contribution >= 0.6 is 0 Å². The van der Waals surface area contributed by atoms with Gasteiger partial charge in [-0.25, -0.2) is 0 Å². The van der Waals surface area contributed by atoms with Crippen molar-refractivity contribution in [1.29, 1.82) is 0 Å². The predicted octanol–water partition coefficient (Wildman–Crippen LogP) is 17.9. The molecule has 0 rings (SSSR count). The normalized spacial score (nSPS) is 12.2. The molecule has 300 valence electrons. The Balaban J connectivity index is 3.31. The molecule has 0 aromatic rings. The zero-order valence-electron chi connectivity index (χ0n) is 35.0. The third kappa shape index (κ3) is 41.9. The van der Waals surface area contributed by atoms with Gasteiger partial charge in [0.1, 0.15) is 0 Å². The molecule has 0 fully saturated rings. The van der Waals surface area contributed by atoms with Gasteiger partial charge in [0.2, 0.25) is 0 Å². The van der Waals surface area contributed by atoms with Gasteiger partial charge in [0.05, 0.1) is 5.92 Å². The average Bonchev–Trinajstić information content (AvgIpc) is 3.11. The van der Waals surface area contributed by atoms with E-state index >= 15 is 0 Å². The Kier molecular flexibility index (Phi) is 44.2. The fourth-order valence-electron chi connectivity index (χ4n) is 8.04. The van der Waals surface area contributed by atoms with Crippen LogP contribution in [0.25, 0.3) is 0 Å². The molecule has 0 aliphatic carbocycles. The van der Waals surface area contributed by atoms with E-state index in [4.69, 9.17) is 0 Å². The van der Waals surface area contributed by atoms with Crippen LogP contribution in [0.1, 0.15) is 296 Å². The van der Waals surface area contributed by atoms with Crippen LogP contribution in [-0.2, 0) is 4.79 Å². The summed E-state index contributed by atoms with van der Waals surface area (Å²) in [6.45, 7) is 4.60. The lowest BCUT2D eigenvalue weighted by atomic mass is 9.94. The maximum Gasteiger partial charge on any atom is 0.306 e. The fraction of sp³-hybridized carbons (Fsp3) is 0.979. The number of rotatable bonds is 45. The van der Waals surface area contributed by atoms with Crippen molar-refractivity contribution in [3.05, 3.63) is 0 Å². The summed E-state index contributed by atoms with van der Waals surface area (Å²) in [7, 11) is 0. The van der Waals surface area contributed by atoms with Crippen molar-refractivity contribution in [2.75, 3.05) is 0 Å². The minimum Gasteiger partial charge on any atom is -0.481 e. The van der Waals surface area contributed by atoms with Crippen LogP contribution in [0.4, 0.5) is 0 Å². The van der Waals surface area contributed by atoms with Crippen LogP contribution in [-0.4, -0.2) is 11.1 Å². The summed E-state index contributed by atoms with van der Waals surface area (Å²) in [5, 5.41) is 9.69. The van der Waals surface area contributed by atoms with Gasteiger partial charge in [-0.1, -0.05) is 284 Å². The molecule has 0 heterocycles. The second-order valence-electron chi connectivity index (χ2n) is 16.8. The van der Waals surface area contributed by atoms with Crippen LogP contribution in [0.3, 0.4) is 0 Å². The molecule has 1 unspecified atom stereocenters. The van der Waals surface area contributed by atoms with E-state index in [0.29, 0.717) is 0 Å². The number of aliphatic carboxylic acids is 1. The lowest BCUT2D eigenvalue weighted by molar-refractivity contribution is -0.142. The molecule has 0 spiro atoms. The minimum atomic E-state index is -0.550. The monoisotopic (exact) mass is 705 g/mol. The van der Waals surface area contributed by atoms with Crippen LogP contribution in [0.2, 0.25) is 0 Å². The van der Waals surface area contributed by atoms with E-state index in [2.05, 4.69) is 13.8 Å². The van der Waals surface area contributed by atoms with Crippen molar-refractivity contribution in [3.63, 3.8) is 0 Å². The van der Waals surface area contributed by atoms with Crippen molar-refractivity contribution in [3.8, 4) is 0 Å². The summed E-state index contributed by atoms with van der Waals surface area (Å²) >= 11 is 0. The largest absolute Gasteiger partial charge is 0.481 e. The summed E-state index contributed by atoms with van der Waals surface area (Å²) < 4.78 is 0. The molecule has 50 heavy (non-hydrogen) atoms. The third-order valence-corrected chi connectivity index (χ3v) is 11.7. The van der Waals surface area contributed by atoms with Gasteiger partial charge in [-0.05, 0) is 12.8 Å². The Labute approximate surface area is 317 Å². The molecule has 0 aromatic heterocycles. The molecule has 0 aromatic carbocycles. The van der Waals surface area contributed by atoms with Crippen molar-refractivity contribution < 1.29 is 9.90 Å². The summed E-state index contributed by atoms with van der Waals surface area (Å²) in [6, 6.07) is 0. The van der Waals surface area contributed by atoms with Gasteiger partial charge in [-0.15, -0.1) is 0 Å². The fourth-order valence-corrected chi connectivity index (χ4v) is 8.04. The first-order chi connectivity index (χ1) is 24.7. The molecule has 2 heteroatoms. The lowest BCUT2D eigenvalue weighted by Gasteiger charge is -2.12. The Morgan fingerprint density at radius 1 is 0.280 bits per heavy atom. The van der Waals surface area contributed by atoms with E-state index in [1.165, 1.54) is 257 Å². The molecule has 0 amide bonds. The van der Waals surface area contributed by atoms with Crippen LogP contribution in [0, 0.1) is 5.92 Å². The molecule has 2 nitrogen and oxygen atoms in total. The first-order valence-electron chi connectivity index (χ1n) is 23.9. The maximum atomic E-state index is 11.8. The van der Waals surface area contributed by atoms with E-state index in [9.17, 15) is 9.90 Å². The van der Waals surface area contributed by atoms with Gasteiger partial charge < -0.3 is 5.11 Å². The summed E-state index contributed by atoms with van der Waals surface area (Å²) in [5.41, 5.74) is 0. The first-order valence-corrected chi connectivity index (χ1v) is 23.9. The second-order valence-corrected chi connectivity index (χ2v) is 16.8. The number of hydrogen-bond donors (Lipinski definition) is 1. The highest BCUT2D eigenvalue weighted by molar-refractivity contribution is 5.69. The highest BCUT2D eigenvalue weighted by Crippen LogP contribution is 2.21. The van der Waals surface area contributed by atoms with Crippen molar-refractivity contribution in [2.45, 2.75) is 296 Å². The molecule has 1 N–H and O–H groups in total. The summed E-state index contributed by atoms with van der Waals surface area (Å²) in [6.07, 6.45) is 60.6. The molecule has 1 atom stereocenters. The van der Waals surface area contributed by atoms with Gasteiger partial charge in [0, 0.05) is 0 Å². The smallest absolute Gasteiger partial charge is 0.306 e. The second kappa shape index (κ2) is 44.6. The lowest BCUT2D eigenvalue weighted by Crippen LogP contribution is -2.13. The third-order valence-electron chi connectivity index (χ3n) is 11.7. The van der Waals surface area contributed by atoms with Crippen LogP contribution in [0.5, 0.6) is 0 Å². The SMILES string of the molecule is CCCCCCCCCCCCCCCCCCCCCCCCCCCCC(CCCCCCCCCCCCCCCCCC)C(=O)O. The quantitative estimate of drug-likeness (QED) is 0.0641. The Morgan fingerprint density at radius 3 is 0.560 bits per heavy atom.